The molecule has 1 aromatic heterocycles. The highest BCUT2D eigenvalue weighted by molar-refractivity contribution is 6.00. The number of hydrogen-bond donors (Lipinski definition) is 1. The minimum absolute atomic E-state index is 0.0370. The molecule has 0 saturated heterocycles. The number of benzene rings is 3. The maximum Gasteiger partial charge on any atom is 0.271 e. The van der Waals surface area contributed by atoms with E-state index in [0.29, 0.717) is 12.1 Å². The van der Waals surface area contributed by atoms with Crippen LogP contribution in [0.5, 0.6) is 0 Å². The lowest BCUT2D eigenvalue weighted by Crippen LogP contribution is -2.18. The number of rotatable bonds is 5. The summed E-state index contributed by atoms with van der Waals surface area (Å²) in [5.74, 6) is -0.500. The van der Waals surface area contributed by atoms with Crippen molar-refractivity contribution < 1.29 is 9.18 Å². The number of carbonyl (C=O) groups is 1. The van der Waals surface area contributed by atoms with Crippen LogP contribution in [0.4, 0.5) is 4.39 Å². The summed E-state index contributed by atoms with van der Waals surface area (Å²) in [6.45, 7) is 7.03. The van der Waals surface area contributed by atoms with Gasteiger partial charge in [0.25, 0.3) is 5.91 Å². The van der Waals surface area contributed by atoms with Crippen molar-refractivity contribution in [3.8, 4) is 0 Å². The van der Waals surface area contributed by atoms with E-state index in [1.807, 2.05) is 54.7 Å². The summed E-state index contributed by atoms with van der Waals surface area (Å²) in [4.78, 5) is 12.5. The number of hydrogen-bond acceptors (Lipinski definition) is 2. The zero-order valence-electron chi connectivity index (χ0n) is 18.5. The number of carbonyl (C=O) groups excluding carboxylic acids is 1. The van der Waals surface area contributed by atoms with Crippen molar-refractivity contribution >= 4 is 23.0 Å². The van der Waals surface area contributed by atoms with Crippen LogP contribution in [0.2, 0.25) is 0 Å². The number of para-hydroxylation sites is 1. The van der Waals surface area contributed by atoms with E-state index in [2.05, 4.69) is 35.9 Å². The molecule has 0 spiro atoms. The SMILES string of the molecule is CC(C)(C)c1ccc(C(=O)N/N=C\c2cn(Cc3ccc(F)cc3)c3ccccc23)cc1. The predicted octanol–water partition coefficient (Wildman–Crippen LogP) is 5.89. The fourth-order valence-corrected chi connectivity index (χ4v) is 3.64. The lowest BCUT2D eigenvalue weighted by atomic mass is 9.87. The summed E-state index contributed by atoms with van der Waals surface area (Å²) in [5.41, 5.74) is 7.33. The van der Waals surface area contributed by atoms with Gasteiger partial charge in [-0.1, -0.05) is 63.2 Å². The van der Waals surface area contributed by atoms with Gasteiger partial charge in [-0.3, -0.25) is 4.79 Å². The Kier molecular flexibility index (Phi) is 5.91. The predicted molar refractivity (Wildman–Crippen MR) is 128 cm³/mol. The van der Waals surface area contributed by atoms with Crippen molar-refractivity contribution in [3.05, 3.63) is 107 Å². The lowest BCUT2D eigenvalue weighted by Gasteiger charge is -2.18. The molecule has 1 heterocycles. The maximum atomic E-state index is 13.2. The first-order valence-electron chi connectivity index (χ1n) is 10.6. The minimum atomic E-state index is -0.253. The Hall–Kier alpha value is -3.73. The Bertz CT molecular complexity index is 1260. The second kappa shape index (κ2) is 8.79. The van der Waals surface area contributed by atoms with Crippen LogP contribution in [0.1, 0.15) is 47.8 Å². The van der Waals surface area contributed by atoms with Gasteiger partial charge >= 0.3 is 0 Å². The van der Waals surface area contributed by atoms with E-state index in [0.717, 1.165) is 22.0 Å². The first-order valence-corrected chi connectivity index (χ1v) is 10.6. The van der Waals surface area contributed by atoms with E-state index < -0.39 is 0 Å². The van der Waals surface area contributed by atoms with Crippen molar-refractivity contribution in [2.24, 2.45) is 5.10 Å². The fraction of sp³-hybridized carbons (Fsp3) is 0.185. The molecule has 0 fully saturated rings. The molecular weight excluding hydrogens is 401 g/mol. The number of aromatic nitrogens is 1. The second-order valence-electron chi connectivity index (χ2n) is 8.88. The molecule has 0 radical (unpaired) electrons. The molecule has 0 atom stereocenters. The van der Waals surface area contributed by atoms with Crippen molar-refractivity contribution in [2.45, 2.75) is 32.7 Å². The third-order valence-electron chi connectivity index (χ3n) is 5.47. The van der Waals surface area contributed by atoms with Gasteiger partial charge in [0.05, 0.1) is 6.21 Å². The summed E-state index contributed by atoms with van der Waals surface area (Å²) in [7, 11) is 0. The average molecular weight is 428 g/mol. The zero-order chi connectivity index (χ0) is 22.7. The van der Waals surface area contributed by atoms with E-state index >= 15 is 0 Å². The van der Waals surface area contributed by atoms with Crippen LogP contribution in [0.3, 0.4) is 0 Å². The molecule has 1 amide bonds. The molecule has 4 nitrogen and oxygen atoms in total. The van der Waals surface area contributed by atoms with E-state index in [1.54, 1.807) is 18.3 Å². The van der Waals surface area contributed by atoms with Gasteiger partial charge in [0.15, 0.2) is 0 Å². The Labute approximate surface area is 187 Å². The van der Waals surface area contributed by atoms with Gasteiger partial charge in [-0.15, -0.1) is 0 Å². The lowest BCUT2D eigenvalue weighted by molar-refractivity contribution is 0.0955. The van der Waals surface area contributed by atoms with Crippen molar-refractivity contribution in [1.29, 1.82) is 0 Å². The van der Waals surface area contributed by atoms with Crippen molar-refractivity contribution in [1.82, 2.24) is 9.99 Å². The highest BCUT2D eigenvalue weighted by Crippen LogP contribution is 2.23. The number of hydrazone groups is 1. The molecule has 0 aliphatic heterocycles. The average Bonchev–Trinajstić information content (AvgIpc) is 3.12. The number of fused-ring (bicyclic) bond motifs is 1. The highest BCUT2D eigenvalue weighted by atomic mass is 19.1. The second-order valence-corrected chi connectivity index (χ2v) is 8.88. The van der Waals surface area contributed by atoms with Gasteiger partial charge in [-0.05, 0) is 46.9 Å². The molecule has 0 saturated carbocycles. The molecule has 0 aliphatic carbocycles. The largest absolute Gasteiger partial charge is 0.342 e. The van der Waals surface area contributed by atoms with Crippen LogP contribution in [0.25, 0.3) is 10.9 Å². The molecule has 3 aromatic carbocycles. The number of nitrogens with one attached hydrogen (secondary N) is 1. The van der Waals surface area contributed by atoms with E-state index in [9.17, 15) is 9.18 Å². The van der Waals surface area contributed by atoms with Crippen LogP contribution in [-0.4, -0.2) is 16.7 Å². The van der Waals surface area contributed by atoms with Gasteiger partial charge in [0.2, 0.25) is 0 Å². The van der Waals surface area contributed by atoms with Gasteiger partial charge in [0, 0.05) is 34.8 Å². The first kappa shape index (κ1) is 21.5. The summed E-state index contributed by atoms with van der Waals surface area (Å²) in [6, 6.07) is 22.1. The van der Waals surface area contributed by atoms with Crippen LogP contribution in [0.15, 0.2) is 84.1 Å². The molecule has 4 aromatic rings. The monoisotopic (exact) mass is 427 g/mol. The summed E-state index contributed by atoms with van der Waals surface area (Å²) in [6.07, 6.45) is 3.65. The molecule has 5 heteroatoms. The van der Waals surface area contributed by atoms with Crippen molar-refractivity contribution in [3.63, 3.8) is 0 Å². The molecule has 0 bridgehead atoms. The molecule has 4 rings (SSSR count). The number of halogens is 1. The van der Waals surface area contributed by atoms with Gasteiger partial charge < -0.3 is 4.57 Å². The standard InChI is InChI=1S/C27H26FN3O/c1-27(2,3)22-12-10-20(11-13-22)26(32)30-29-16-21-18-31(25-7-5-4-6-24(21)25)17-19-8-14-23(28)15-9-19/h4-16,18H,17H2,1-3H3,(H,30,32)/b29-16-. The quantitative estimate of drug-likeness (QED) is 0.313. The van der Waals surface area contributed by atoms with E-state index in [-0.39, 0.29) is 17.1 Å². The highest BCUT2D eigenvalue weighted by Gasteiger charge is 2.14. The van der Waals surface area contributed by atoms with Crippen LogP contribution in [-0.2, 0) is 12.0 Å². The smallest absolute Gasteiger partial charge is 0.271 e. The topological polar surface area (TPSA) is 46.4 Å². The van der Waals surface area contributed by atoms with Crippen LogP contribution < -0.4 is 5.43 Å². The molecule has 0 unspecified atom stereocenters. The zero-order valence-corrected chi connectivity index (χ0v) is 18.5. The summed E-state index contributed by atoms with van der Waals surface area (Å²) in [5, 5.41) is 5.21. The molecule has 162 valence electrons. The van der Waals surface area contributed by atoms with Gasteiger partial charge in [-0.25, -0.2) is 9.82 Å². The normalized spacial score (nSPS) is 11.9. The summed E-state index contributed by atoms with van der Waals surface area (Å²) < 4.78 is 15.3. The van der Waals surface area contributed by atoms with Crippen LogP contribution in [0, 0.1) is 5.82 Å². The van der Waals surface area contributed by atoms with Gasteiger partial charge in [0.1, 0.15) is 5.82 Å². The Morgan fingerprint density at radius 3 is 2.38 bits per heavy atom. The Morgan fingerprint density at radius 1 is 1.00 bits per heavy atom. The number of amides is 1. The minimum Gasteiger partial charge on any atom is -0.342 e. The van der Waals surface area contributed by atoms with Gasteiger partial charge in [-0.2, -0.15) is 5.10 Å². The fourth-order valence-electron chi connectivity index (χ4n) is 3.64. The molecule has 32 heavy (non-hydrogen) atoms. The molecule has 1 N–H and O–H groups in total. The maximum absolute atomic E-state index is 13.2. The first-order chi connectivity index (χ1) is 15.3. The Morgan fingerprint density at radius 2 is 1.69 bits per heavy atom. The van der Waals surface area contributed by atoms with Crippen LogP contribution >= 0.6 is 0 Å². The van der Waals surface area contributed by atoms with Crippen molar-refractivity contribution in [2.75, 3.05) is 0 Å². The van der Waals surface area contributed by atoms with E-state index in [4.69, 9.17) is 0 Å². The van der Waals surface area contributed by atoms with E-state index in [1.165, 1.54) is 17.7 Å². The molecule has 0 aliphatic rings. The number of nitrogens with zero attached hydrogens (tertiary/aromatic N) is 2. The summed E-state index contributed by atoms with van der Waals surface area (Å²) >= 11 is 0. The molecular formula is C27H26FN3O. The Balaban J connectivity index is 1.51. The third-order valence-corrected chi connectivity index (χ3v) is 5.47. The third kappa shape index (κ3) is 4.78.